The molecule has 0 atom stereocenters. The maximum absolute atomic E-state index is 12.8. The molecule has 1 N–H and O–H groups in total. The Morgan fingerprint density at radius 3 is 2.89 bits per heavy atom. The summed E-state index contributed by atoms with van der Waals surface area (Å²) < 4.78 is 1.20. The third-order valence-electron chi connectivity index (χ3n) is 5.36. The first-order chi connectivity index (χ1) is 13.8. The lowest BCUT2D eigenvalue weighted by Gasteiger charge is -2.33. The number of anilines is 2. The highest BCUT2D eigenvalue weighted by atomic mass is 32.1. The number of rotatable bonds is 3. The lowest BCUT2D eigenvalue weighted by atomic mass is 9.95. The minimum absolute atomic E-state index is 0.0139. The van der Waals surface area contributed by atoms with Crippen LogP contribution >= 0.6 is 11.3 Å². The van der Waals surface area contributed by atoms with Crippen LogP contribution in [0.5, 0.6) is 0 Å². The first-order valence-corrected chi connectivity index (χ1v) is 10.3. The van der Waals surface area contributed by atoms with Crippen molar-refractivity contribution >= 4 is 49.7 Å². The molecule has 4 aromatic rings. The van der Waals surface area contributed by atoms with E-state index in [0.29, 0.717) is 5.82 Å². The van der Waals surface area contributed by atoms with E-state index in [0.717, 1.165) is 42.2 Å². The molecule has 140 valence electrons. The van der Waals surface area contributed by atoms with Crippen LogP contribution in [-0.2, 0) is 4.79 Å². The molecule has 1 amide bonds. The summed E-state index contributed by atoms with van der Waals surface area (Å²) in [6.45, 7) is 1.71. The van der Waals surface area contributed by atoms with Gasteiger partial charge in [0, 0.05) is 35.5 Å². The predicted octanol–water partition coefficient (Wildman–Crippen LogP) is 4.09. The molecule has 5 rings (SSSR count). The quantitative estimate of drug-likeness (QED) is 0.571. The molecule has 3 heterocycles. The number of hydrogen-bond acceptors (Lipinski definition) is 6. The van der Waals surface area contributed by atoms with Crippen molar-refractivity contribution < 1.29 is 4.79 Å². The summed E-state index contributed by atoms with van der Waals surface area (Å²) >= 11 is 1.65. The molecule has 1 fully saturated rings. The van der Waals surface area contributed by atoms with Crippen LogP contribution in [0.15, 0.2) is 54.2 Å². The van der Waals surface area contributed by atoms with E-state index in [1.807, 2.05) is 29.8 Å². The smallest absolute Gasteiger partial charge is 0.228 e. The summed E-state index contributed by atoms with van der Waals surface area (Å²) in [5, 5.41) is 13.0. The second kappa shape index (κ2) is 7.16. The van der Waals surface area contributed by atoms with Crippen LogP contribution in [0.1, 0.15) is 12.8 Å². The normalized spacial score (nSPS) is 15.2. The minimum Gasteiger partial charge on any atom is -0.371 e. The number of amides is 1. The number of piperidine rings is 1. The van der Waals surface area contributed by atoms with Gasteiger partial charge < -0.3 is 10.2 Å². The zero-order valence-electron chi connectivity index (χ0n) is 15.2. The zero-order valence-corrected chi connectivity index (χ0v) is 16.0. The molecule has 1 saturated heterocycles. The van der Waals surface area contributed by atoms with Gasteiger partial charge >= 0.3 is 0 Å². The van der Waals surface area contributed by atoms with Gasteiger partial charge in [-0.3, -0.25) is 4.79 Å². The van der Waals surface area contributed by atoms with Crippen molar-refractivity contribution in [1.29, 1.82) is 0 Å². The number of nitrogens with zero attached hydrogens (tertiary/aromatic N) is 4. The van der Waals surface area contributed by atoms with E-state index in [1.54, 1.807) is 17.5 Å². The molecule has 6 nitrogen and oxygen atoms in total. The Hall–Kier alpha value is -3.06. The molecule has 1 aliphatic heterocycles. The Kier molecular flexibility index (Phi) is 4.37. The van der Waals surface area contributed by atoms with Crippen LogP contribution in [0.25, 0.3) is 21.0 Å². The van der Waals surface area contributed by atoms with Crippen LogP contribution < -0.4 is 10.2 Å². The Morgan fingerprint density at radius 1 is 1.14 bits per heavy atom. The highest BCUT2D eigenvalue weighted by Gasteiger charge is 2.26. The molecule has 0 bridgehead atoms. The first kappa shape index (κ1) is 17.1. The van der Waals surface area contributed by atoms with Gasteiger partial charge in [-0.15, -0.1) is 16.4 Å². The maximum Gasteiger partial charge on any atom is 0.228 e. The molecule has 0 unspecified atom stereocenters. The van der Waals surface area contributed by atoms with Gasteiger partial charge in [-0.1, -0.05) is 24.3 Å². The lowest BCUT2D eigenvalue weighted by molar-refractivity contribution is -0.120. The summed E-state index contributed by atoms with van der Waals surface area (Å²) in [7, 11) is 0. The van der Waals surface area contributed by atoms with E-state index in [-0.39, 0.29) is 11.8 Å². The van der Waals surface area contributed by atoms with Gasteiger partial charge in [-0.2, -0.15) is 5.10 Å². The molecule has 2 aromatic heterocycles. The average molecular weight is 389 g/mol. The molecule has 0 radical (unpaired) electrons. The average Bonchev–Trinajstić information content (AvgIpc) is 3.22. The highest BCUT2D eigenvalue weighted by Crippen LogP contribution is 2.28. The van der Waals surface area contributed by atoms with Crippen LogP contribution in [0.4, 0.5) is 11.5 Å². The molecule has 0 spiro atoms. The lowest BCUT2D eigenvalue weighted by Crippen LogP contribution is -2.38. The summed E-state index contributed by atoms with van der Waals surface area (Å²) in [5.41, 5.74) is 4.09. The Bertz CT molecular complexity index is 1140. The van der Waals surface area contributed by atoms with Gasteiger partial charge in [0.15, 0.2) is 5.82 Å². The Balaban J connectivity index is 1.26. The third-order valence-corrected chi connectivity index (χ3v) is 6.17. The largest absolute Gasteiger partial charge is 0.371 e. The fourth-order valence-corrected chi connectivity index (χ4v) is 4.44. The first-order valence-electron chi connectivity index (χ1n) is 9.37. The van der Waals surface area contributed by atoms with E-state index in [4.69, 9.17) is 0 Å². The van der Waals surface area contributed by atoms with Gasteiger partial charge in [0.25, 0.3) is 0 Å². The summed E-state index contributed by atoms with van der Waals surface area (Å²) in [4.78, 5) is 19.5. The van der Waals surface area contributed by atoms with Crippen LogP contribution in [-0.4, -0.2) is 34.2 Å². The Labute approximate surface area is 166 Å². The van der Waals surface area contributed by atoms with Gasteiger partial charge in [-0.05, 0) is 31.0 Å². The number of fused-ring (bicyclic) bond motifs is 2. The fourth-order valence-electron chi connectivity index (χ4n) is 3.78. The van der Waals surface area contributed by atoms with Crippen LogP contribution in [0.3, 0.4) is 0 Å². The molecular formula is C21H19N5OS. The SMILES string of the molecule is O=C(Nc1nncc2ccccc12)C1CCN(c2ccc3scnc3c2)CC1. The summed E-state index contributed by atoms with van der Waals surface area (Å²) in [6, 6.07) is 14.2. The number of thiazole rings is 1. The van der Waals surface area contributed by atoms with E-state index in [2.05, 4.69) is 43.6 Å². The number of nitrogens with one attached hydrogen (secondary N) is 1. The van der Waals surface area contributed by atoms with E-state index < -0.39 is 0 Å². The monoisotopic (exact) mass is 389 g/mol. The van der Waals surface area contributed by atoms with Crippen molar-refractivity contribution in [1.82, 2.24) is 15.2 Å². The van der Waals surface area contributed by atoms with Gasteiger partial charge in [0.05, 0.1) is 21.9 Å². The molecule has 0 aliphatic carbocycles. The third kappa shape index (κ3) is 3.18. The van der Waals surface area contributed by atoms with Crippen molar-refractivity contribution in [3.8, 4) is 0 Å². The topological polar surface area (TPSA) is 71.0 Å². The van der Waals surface area contributed by atoms with Gasteiger partial charge in [-0.25, -0.2) is 4.98 Å². The van der Waals surface area contributed by atoms with Crippen molar-refractivity contribution in [3.63, 3.8) is 0 Å². The van der Waals surface area contributed by atoms with Crippen molar-refractivity contribution in [3.05, 3.63) is 54.2 Å². The standard InChI is InChI=1S/C21H19N5OS/c27-21(24-20-17-4-2-1-3-15(17)12-23-25-20)14-7-9-26(10-8-14)16-5-6-19-18(11-16)22-13-28-19/h1-6,11-14H,7-10H2,(H,24,25,27). The highest BCUT2D eigenvalue weighted by molar-refractivity contribution is 7.16. The second-order valence-corrected chi connectivity index (χ2v) is 7.92. The number of aromatic nitrogens is 3. The second-order valence-electron chi connectivity index (χ2n) is 7.04. The number of benzene rings is 2. The van der Waals surface area contributed by atoms with Crippen molar-refractivity contribution in [2.75, 3.05) is 23.3 Å². The molecule has 2 aromatic carbocycles. The zero-order chi connectivity index (χ0) is 18.9. The number of carbonyl (C=O) groups is 1. The predicted molar refractivity (Wildman–Crippen MR) is 113 cm³/mol. The number of hydrogen-bond donors (Lipinski definition) is 1. The van der Waals surface area contributed by atoms with Crippen molar-refractivity contribution in [2.24, 2.45) is 5.92 Å². The number of carbonyl (C=O) groups excluding carboxylic acids is 1. The Morgan fingerprint density at radius 2 is 2.00 bits per heavy atom. The molecular weight excluding hydrogens is 370 g/mol. The molecule has 7 heteroatoms. The maximum atomic E-state index is 12.8. The van der Waals surface area contributed by atoms with Gasteiger partial charge in [0.1, 0.15) is 0 Å². The van der Waals surface area contributed by atoms with E-state index >= 15 is 0 Å². The van der Waals surface area contributed by atoms with Crippen molar-refractivity contribution in [2.45, 2.75) is 12.8 Å². The summed E-state index contributed by atoms with van der Waals surface area (Å²) in [6.07, 6.45) is 3.35. The van der Waals surface area contributed by atoms with E-state index in [1.165, 1.54) is 10.4 Å². The fraction of sp³-hybridized carbons (Fsp3) is 0.238. The molecule has 0 saturated carbocycles. The van der Waals surface area contributed by atoms with Crippen LogP contribution in [0.2, 0.25) is 0 Å². The van der Waals surface area contributed by atoms with Gasteiger partial charge in [0.2, 0.25) is 5.91 Å². The molecule has 28 heavy (non-hydrogen) atoms. The van der Waals surface area contributed by atoms with Crippen LogP contribution in [0, 0.1) is 5.92 Å². The summed E-state index contributed by atoms with van der Waals surface area (Å²) in [5.74, 6) is 0.555. The van der Waals surface area contributed by atoms with E-state index in [9.17, 15) is 4.79 Å². The minimum atomic E-state index is -0.0139. The molecule has 1 aliphatic rings.